The molecule has 1 N–H and O–H groups in total. The third-order valence-electron chi connectivity index (χ3n) is 3.87. The fourth-order valence-electron chi connectivity index (χ4n) is 2.65. The normalized spacial score (nSPS) is 27.9. The van der Waals surface area contributed by atoms with E-state index in [1.807, 2.05) is 0 Å². The molecule has 0 aliphatic heterocycles. The van der Waals surface area contributed by atoms with Crippen molar-refractivity contribution in [3.8, 4) is 0 Å². The van der Waals surface area contributed by atoms with Crippen molar-refractivity contribution < 1.29 is 5.11 Å². The van der Waals surface area contributed by atoms with Crippen LogP contribution >= 0.6 is 11.3 Å². The van der Waals surface area contributed by atoms with Gasteiger partial charge in [-0.25, -0.2) is 0 Å². The van der Waals surface area contributed by atoms with Crippen molar-refractivity contribution in [2.75, 3.05) is 0 Å². The molecule has 1 aliphatic carbocycles. The van der Waals surface area contributed by atoms with E-state index in [0.29, 0.717) is 5.92 Å². The van der Waals surface area contributed by atoms with Gasteiger partial charge in [-0.15, -0.1) is 11.3 Å². The summed E-state index contributed by atoms with van der Waals surface area (Å²) in [6.07, 6.45) is 6.99. The van der Waals surface area contributed by atoms with Gasteiger partial charge < -0.3 is 5.11 Å². The molecule has 2 rings (SSSR count). The Labute approximate surface area is 103 Å². The lowest BCUT2D eigenvalue weighted by molar-refractivity contribution is 0.0692. The van der Waals surface area contributed by atoms with Gasteiger partial charge in [0.1, 0.15) is 0 Å². The Bertz CT molecular complexity index is 286. The molecule has 90 valence electrons. The van der Waals surface area contributed by atoms with Crippen molar-refractivity contribution in [1.82, 2.24) is 0 Å². The van der Waals surface area contributed by atoms with Crippen molar-refractivity contribution >= 4 is 11.3 Å². The molecule has 0 saturated heterocycles. The highest BCUT2D eigenvalue weighted by molar-refractivity contribution is 7.09. The average Bonchev–Trinajstić information content (AvgIpc) is 2.80. The average molecular weight is 238 g/mol. The van der Waals surface area contributed by atoms with Gasteiger partial charge in [0.2, 0.25) is 0 Å². The third kappa shape index (κ3) is 3.33. The zero-order valence-electron chi connectivity index (χ0n) is 10.1. The van der Waals surface area contributed by atoms with Gasteiger partial charge in [0.25, 0.3) is 0 Å². The first kappa shape index (κ1) is 12.1. The second kappa shape index (κ2) is 5.83. The van der Waals surface area contributed by atoms with Crippen molar-refractivity contribution in [2.24, 2.45) is 11.8 Å². The first-order valence-electron chi connectivity index (χ1n) is 6.46. The smallest absolute Gasteiger partial charge is 0.0571 e. The highest BCUT2D eigenvalue weighted by Gasteiger charge is 2.24. The second-order valence-electron chi connectivity index (χ2n) is 5.21. The molecule has 1 nitrogen and oxygen atoms in total. The van der Waals surface area contributed by atoms with Crippen molar-refractivity contribution in [3.05, 3.63) is 22.4 Å². The monoisotopic (exact) mass is 238 g/mol. The van der Waals surface area contributed by atoms with Gasteiger partial charge in [0.15, 0.2) is 0 Å². The number of thiophene rings is 1. The minimum absolute atomic E-state index is 0.0744. The van der Waals surface area contributed by atoms with Crippen LogP contribution in [-0.2, 0) is 6.42 Å². The fraction of sp³-hybridized carbons (Fsp3) is 0.714. The summed E-state index contributed by atoms with van der Waals surface area (Å²) in [6.45, 7) is 2.33. The lowest BCUT2D eigenvalue weighted by atomic mass is 9.79. The molecule has 1 saturated carbocycles. The molecule has 1 unspecified atom stereocenters. The standard InChI is InChI=1S/C14H22OS/c1-11-4-6-12(7-5-11)14(15)9-8-13-3-2-10-16-13/h2-3,10-12,14-15H,4-9H2,1H3. The van der Waals surface area contributed by atoms with E-state index in [0.717, 1.165) is 18.8 Å². The molecule has 0 spiro atoms. The maximum absolute atomic E-state index is 10.2. The Morgan fingerprint density at radius 2 is 2.12 bits per heavy atom. The van der Waals surface area contributed by atoms with Crippen LogP contribution in [0.15, 0.2) is 17.5 Å². The predicted octanol–water partition coefficient (Wildman–Crippen LogP) is 3.87. The van der Waals surface area contributed by atoms with Crippen LogP contribution < -0.4 is 0 Å². The highest BCUT2D eigenvalue weighted by atomic mass is 32.1. The van der Waals surface area contributed by atoms with E-state index in [1.54, 1.807) is 11.3 Å². The van der Waals surface area contributed by atoms with Crippen LogP contribution in [0.25, 0.3) is 0 Å². The number of hydrogen-bond acceptors (Lipinski definition) is 2. The number of aliphatic hydroxyl groups excluding tert-OH is 1. The molecule has 0 radical (unpaired) electrons. The summed E-state index contributed by atoms with van der Waals surface area (Å²) >= 11 is 1.80. The van der Waals surface area contributed by atoms with E-state index < -0.39 is 0 Å². The van der Waals surface area contributed by atoms with Gasteiger partial charge in [-0.05, 0) is 49.0 Å². The summed E-state index contributed by atoms with van der Waals surface area (Å²) in [4.78, 5) is 1.41. The molecule has 1 aromatic rings. The summed E-state index contributed by atoms with van der Waals surface area (Å²) in [5.74, 6) is 1.44. The van der Waals surface area contributed by atoms with E-state index in [2.05, 4.69) is 24.4 Å². The summed E-state index contributed by atoms with van der Waals surface area (Å²) in [6, 6.07) is 4.26. The zero-order valence-corrected chi connectivity index (χ0v) is 10.9. The molecule has 1 atom stereocenters. The SMILES string of the molecule is CC1CCC(C(O)CCc2cccs2)CC1. The van der Waals surface area contributed by atoms with E-state index >= 15 is 0 Å². The van der Waals surface area contributed by atoms with Gasteiger partial charge >= 0.3 is 0 Å². The summed E-state index contributed by atoms with van der Waals surface area (Å²) in [7, 11) is 0. The number of aliphatic hydroxyl groups is 1. The van der Waals surface area contributed by atoms with E-state index in [9.17, 15) is 5.11 Å². The molecule has 1 fully saturated rings. The van der Waals surface area contributed by atoms with Crippen LogP contribution in [-0.4, -0.2) is 11.2 Å². The quantitative estimate of drug-likeness (QED) is 0.844. The first-order valence-corrected chi connectivity index (χ1v) is 7.34. The second-order valence-corrected chi connectivity index (χ2v) is 6.24. The van der Waals surface area contributed by atoms with Crippen LogP contribution in [0.2, 0.25) is 0 Å². The van der Waals surface area contributed by atoms with Crippen LogP contribution in [0.1, 0.15) is 43.9 Å². The Kier molecular flexibility index (Phi) is 4.42. The number of rotatable bonds is 4. The van der Waals surface area contributed by atoms with Crippen LogP contribution in [0.4, 0.5) is 0 Å². The maximum atomic E-state index is 10.2. The van der Waals surface area contributed by atoms with Gasteiger partial charge in [0.05, 0.1) is 6.10 Å². The maximum Gasteiger partial charge on any atom is 0.0571 e. The third-order valence-corrected chi connectivity index (χ3v) is 4.81. The van der Waals surface area contributed by atoms with E-state index in [-0.39, 0.29) is 6.10 Å². The molecule has 16 heavy (non-hydrogen) atoms. The molecule has 0 bridgehead atoms. The minimum atomic E-state index is -0.0744. The predicted molar refractivity (Wildman–Crippen MR) is 69.8 cm³/mol. The Balaban J connectivity index is 1.73. The Morgan fingerprint density at radius 3 is 2.75 bits per heavy atom. The zero-order chi connectivity index (χ0) is 11.4. The largest absolute Gasteiger partial charge is 0.393 e. The van der Waals surface area contributed by atoms with Crippen LogP contribution in [0.5, 0.6) is 0 Å². The van der Waals surface area contributed by atoms with Crippen molar-refractivity contribution in [1.29, 1.82) is 0 Å². The molecule has 0 amide bonds. The number of hydrogen-bond donors (Lipinski definition) is 1. The molecule has 2 heteroatoms. The van der Waals surface area contributed by atoms with Gasteiger partial charge in [0, 0.05) is 4.88 Å². The topological polar surface area (TPSA) is 20.2 Å². The van der Waals surface area contributed by atoms with Crippen LogP contribution in [0, 0.1) is 11.8 Å². The lowest BCUT2D eigenvalue weighted by Crippen LogP contribution is -2.25. The van der Waals surface area contributed by atoms with Gasteiger partial charge in [-0.2, -0.15) is 0 Å². The molecule has 1 heterocycles. The minimum Gasteiger partial charge on any atom is -0.393 e. The molecule has 1 aliphatic rings. The summed E-state index contributed by atoms with van der Waals surface area (Å²) in [5.41, 5.74) is 0. The molecular formula is C14H22OS. The first-order chi connectivity index (χ1) is 7.75. The van der Waals surface area contributed by atoms with Crippen LogP contribution in [0.3, 0.4) is 0 Å². The lowest BCUT2D eigenvalue weighted by Gasteiger charge is -2.29. The number of aryl methyl sites for hydroxylation is 1. The summed E-state index contributed by atoms with van der Waals surface area (Å²) < 4.78 is 0. The molecular weight excluding hydrogens is 216 g/mol. The summed E-state index contributed by atoms with van der Waals surface area (Å²) in [5, 5.41) is 12.3. The molecule has 0 aromatic carbocycles. The van der Waals surface area contributed by atoms with Crippen molar-refractivity contribution in [2.45, 2.75) is 51.6 Å². The Morgan fingerprint density at radius 1 is 1.38 bits per heavy atom. The van der Waals surface area contributed by atoms with Gasteiger partial charge in [-0.1, -0.05) is 25.8 Å². The Hall–Kier alpha value is -0.340. The molecule has 1 aromatic heterocycles. The van der Waals surface area contributed by atoms with E-state index in [4.69, 9.17) is 0 Å². The van der Waals surface area contributed by atoms with E-state index in [1.165, 1.54) is 30.6 Å². The highest BCUT2D eigenvalue weighted by Crippen LogP contribution is 2.31. The fourth-order valence-corrected chi connectivity index (χ4v) is 3.38. The van der Waals surface area contributed by atoms with Crippen molar-refractivity contribution in [3.63, 3.8) is 0 Å². The van der Waals surface area contributed by atoms with Gasteiger partial charge in [-0.3, -0.25) is 0 Å².